The normalized spacial score (nSPS) is 12.6. The number of Topliss-reactive ketones (excluding diaryl/α,β-unsaturated/α-hetero) is 1. The molecule has 0 bridgehead atoms. The molecule has 0 aromatic heterocycles. The van der Waals surface area contributed by atoms with Gasteiger partial charge in [-0.1, -0.05) is 71.1 Å². The maximum atomic E-state index is 11.9. The Labute approximate surface area is 191 Å². The molecule has 0 aliphatic carbocycles. The van der Waals surface area contributed by atoms with Crippen molar-refractivity contribution in [2.45, 2.75) is 89.2 Å². The Kier molecular flexibility index (Phi) is 20.1. The van der Waals surface area contributed by atoms with Gasteiger partial charge in [0.05, 0.1) is 0 Å². The van der Waals surface area contributed by atoms with Crippen molar-refractivity contribution in [1.82, 2.24) is 5.32 Å². The SMILES string of the molecule is CCCCCCCCCCCCCC(=O)C(CNC)S(=O)(=O)O.[KH]. The van der Waals surface area contributed by atoms with Crippen LogP contribution in [0.4, 0.5) is 0 Å². The molecular weight excluding hydrogens is 353 g/mol. The Morgan fingerprint density at radius 1 is 0.917 bits per heavy atom. The molecule has 1 unspecified atom stereocenters. The van der Waals surface area contributed by atoms with E-state index < -0.39 is 21.2 Å². The number of hydrogen-bond acceptors (Lipinski definition) is 4. The number of carbonyl (C=O) groups excluding carboxylic acids is 1. The van der Waals surface area contributed by atoms with Gasteiger partial charge in [-0.15, -0.1) is 0 Å². The Morgan fingerprint density at radius 2 is 1.33 bits per heavy atom. The summed E-state index contributed by atoms with van der Waals surface area (Å²) >= 11 is 0. The van der Waals surface area contributed by atoms with Crippen molar-refractivity contribution in [2.24, 2.45) is 0 Å². The molecule has 0 saturated heterocycles. The topological polar surface area (TPSA) is 83.5 Å². The van der Waals surface area contributed by atoms with Crippen LogP contribution in [0.25, 0.3) is 0 Å². The molecule has 0 amide bonds. The minimum atomic E-state index is -4.30. The van der Waals surface area contributed by atoms with Crippen LogP contribution in [0.1, 0.15) is 84.0 Å². The molecule has 2 N–H and O–H groups in total. The summed E-state index contributed by atoms with van der Waals surface area (Å²) < 4.78 is 31.4. The van der Waals surface area contributed by atoms with E-state index in [2.05, 4.69) is 12.2 Å². The summed E-state index contributed by atoms with van der Waals surface area (Å²) in [6.07, 6.45) is 13.3. The van der Waals surface area contributed by atoms with Crippen LogP contribution in [0.15, 0.2) is 0 Å². The third-order valence-corrected chi connectivity index (χ3v) is 5.28. The van der Waals surface area contributed by atoms with Gasteiger partial charge in [-0.25, -0.2) is 0 Å². The van der Waals surface area contributed by atoms with Crippen molar-refractivity contribution in [3.8, 4) is 0 Å². The Hall–Kier alpha value is 1.18. The molecule has 24 heavy (non-hydrogen) atoms. The van der Waals surface area contributed by atoms with Crippen LogP contribution in [0.3, 0.4) is 0 Å². The molecule has 0 aliphatic heterocycles. The zero-order valence-electron chi connectivity index (χ0n) is 14.8. The summed E-state index contributed by atoms with van der Waals surface area (Å²) in [5.74, 6) is -0.391. The minimum absolute atomic E-state index is 0. The van der Waals surface area contributed by atoms with Gasteiger partial charge in [0.15, 0.2) is 11.0 Å². The fourth-order valence-electron chi connectivity index (χ4n) is 2.70. The van der Waals surface area contributed by atoms with Crippen molar-refractivity contribution in [2.75, 3.05) is 13.6 Å². The van der Waals surface area contributed by atoms with Gasteiger partial charge < -0.3 is 5.32 Å². The number of unbranched alkanes of at least 4 members (excludes halogenated alkanes) is 10. The zero-order chi connectivity index (χ0) is 17.6. The van der Waals surface area contributed by atoms with Crippen molar-refractivity contribution in [3.63, 3.8) is 0 Å². The molecule has 140 valence electrons. The number of hydrogen-bond donors (Lipinski definition) is 2. The van der Waals surface area contributed by atoms with Crippen LogP contribution < -0.4 is 5.32 Å². The fraction of sp³-hybridized carbons (Fsp3) is 0.941. The number of carbonyl (C=O) groups is 1. The molecule has 0 aromatic rings. The van der Waals surface area contributed by atoms with Crippen molar-refractivity contribution in [1.29, 1.82) is 0 Å². The third-order valence-electron chi connectivity index (χ3n) is 4.13. The number of ketones is 1. The monoisotopic (exact) mass is 389 g/mol. The fourth-order valence-corrected chi connectivity index (χ4v) is 3.52. The summed E-state index contributed by atoms with van der Waals surface area (Å²) in [5.41, 5.74) is 0. The molecule has 0 fully saturated rings. The first-order valence-corrected chi connectivity index (χ1v) is 10.6. The molecule has 1 atom stereocenters. The van der Waals surface area contributed by atoms with E-state index in [9.17, 15) is 13.2 Å². The van der Waals surface area contributed by atoms with Crippen LogP contribution in [0.2, 0.25) is 0 Å². The Morgan fingerprint density at radius 3 is 1.71 bits per heavy atom. The van der Waals surface area contributed by atoms with E-state index in [0.29, 0.717) is 6.42 Å². The number of nitrogens with one attached hydrogen (secondary N) is 1. The summed E-state index contributed by atoms with van der Waals surface area (Å²) in [7, 11) is -2.74. The van der Waals surface area contributed by atoms with Crippen molar-refractivity contribution >= 4 is 67.3 Å². The van der Waals surface area contributed by atoms with Crippen LogP contribution in [0.5, 0.6) is 0 Å². The van der Waals surface area contributed by atoms with Gasteiger partial charge in [0.2, 0.25) is 0 Å². The number of rotatable bonds is 16. The first kappa shape index (κ1) is 27.4. The average molecular weight is 390 g/mol. The predicted molar refractivity (Wildman–Crippen MR) is 102 cm³/mol. The standard InChI is InChI=1S/C17H35NO4S.K.H/c1-3-4-5-6-7-8-9-10-11-12-13-14-16(19)17(15-18-2)23(20,21)22;;/h17-18H,3-15H2,1-2H3,(H,20,21,22);;. The summed E-state index contributed by atoms with van der Waals surface area (Å²) in [5, 5.41) is 1.31. The van der Waals surface area contributed by atoms with E-state index in [1.165, 1.54) is 51.4 Å². The first-order valence-electron chi connectivity index (χ1n) is 9.07. The molecule has 0 heterocycles. The van der Waals surface area contributed by atoms with E-state index in [1.54, 1.807) is 7.05 Å². The molecule has 5 nitrogen and oxygen atoms in total. The first-order chi connectivity index (χ1) is 10.9. The Balaban J connectivity index is 0. The second-order valence-corrected chi connectivity index (χ2v) is 7.91. The predicted octanol–water partition coefficient (Wildman–Crippen LogP) is 3.08. The zero-order valence-corrected chi connectivity index (χ0v) is 15.7. The van der Waals surface area contributed by atoms with Crippen LogP contribution in [-0.2, 0) is 14.9 Å². The van der Waals surface area contributed by atoms with Gasteiger partial charge in [-0.3, -0.25) is 9.35 Å². The van der Waals surface area contributed by atoms with Crippen LogP contribution in [-0.4, -0.2) is 89.0 Å². The van der Waals surface area contributed by atoms with Crippen molar-refractivity contribution in [3.05, 3.63) is 0 Å². The van der Waals surface area contributed by atoms with Crippen LogP contribution in [0, 0.1) is 0 Å². The maximum absolute atomic E-state index is 11.9. The summed E-state index contributed by atoms with van der Waals surface area (Å²) in [6, 6.07) is 0. The Bertz CT molecular complexity index is 401. The average Bonchev–Trinajstić information content (AvgIpc) is 2.48. The van der Waals surface area contributed by atoms with E-state index in [4.69, 9.17) is 4.55 Å². The molecule has 0 saturated carbocycles. The van der Waals surface area contributed by atoms with Gasteiger partial charge in [0.25, 0.3) is 10.1 Å². The molecule has 0 aromatic carbocycles. The third kappa shape index (κ3) is 15.4. The molecule has 0 radical (unpaired) electrons. The van der Waals surface area contributed by atoms with Crippen molar-refractivity contribution < 1.29 is 17.8 Å². The summed E-state index contributed by atoms with van der Waals surface area (Å²) in [4.78, 5) is 11.9. The quantitative estimate of drug-likeness (QED) is 0.241. The second-order valence-electron chi connectivity index (χ2n) is 6.31. The van der Waals surface area contributed by atoms with Gasteiger partial charge in [-0.05, 0) is 13.5 Å². The second kappa shape index (κ2) is 17.6. The van der Waals surface area contributed by atoms with E-state index in [0.717, 1.165) is 12.8 Å². The van der Waals surface area contributed by atoms with Gasteiger partial charge in [0, 0.05) is 13.0 Å². The summed E-state index contributed by atoms with van der Waals surface area (Å²) in [6.45, 7) is 2.19. The molecule has 0 rings (SSSR count). The molecule has 7 heteroatoms. The van der Waals surface area contributed by atoms with Gasteiger partial charge in [-0.2, -0.15) is 8.42 Å². The molecule has 0 aliphatic rings. The van der Waals surface area contributed by atoms with Crippen LogP contribution >= 0.6 is 0 Å². The van der Waals surface area contributed by atoms with Gasteiger partial charge >= 0.3 is 51.4 Å². The van der Waals surface area contributed by atoms with E-state index in [1.807, 2.05) is 0 Å². The molecule has 0 spiro atoms. The van der Waals surface area contributed by atoms with Gasteiger partial charge in [0.1, 0.15) is 0 Å². The molecular formula is C17H36KNO4S. The van der Waals surface area contributed by atoms with E-state index >= 15 is 0 Å². The van der Waals surface area contributed by atoms with E-state index in [-0.39, 0.29) is 64.4 Å².